The molecule has 2 N–H and O–H groups in total. The van der Waals surface area contributed by atoms with Crippen LogP contribution in [0.2, 0.25) is 0 Å². The van der Waals surface area contributed by atoms with Crippen LogP contribution in [0.1, 0.15) is 28.8 Å². The highest BCUT2D eigenvalue weighted by molar-refractivity contribution is 5.94. The summed E-state index contributed by atoms with van der Waals surface area (Å²) in [6.07, 6.45) is 3.43. The van der Waals surface area contributed by atoms with E-state index in [1.54, 1.807) is 17.1 Å². The molecule has 0 saturated carbocycles. The molecule has 0 radical (unpaired) electrons. The Morgan fingerprint density at radius 1 is 1.33 bits per heavy atom. The molecule has 110 valence electrons. The van der Waals surface area contributed by atoms with Crippen LogP contribution in [0.25, 0.3) is 0 Å². The van der Waals surface area contributed by atoms with Crippen LogP contribution in [-0.2, 0) is 6.54 Å². The lowest BCUT2D eigenvalue weighted by Crippen LogP contribution is -2.32. The second-order valence-electron chi connectivity index (χ2n) is 5.48. The Bertz CT molecular complexity index is 622. The summed E-state index contributed by atoms with van der Waals surface area (Å²) >= 11 is 0. The zero-order chi connectivity index (χ0) is 14.8. The molecule has 5 nitrogen and oxygen atoms in total. The van der Waals surface area contributed by atoms with Gasteiger partial charge >= 0.3 is 0 Å². The number of benzene rings is 1. The first-order valence-corrected chi connectivity index (χ1v) is 7.31. The van der Waals surface area contributed by atoms with Crippen LogP contribution in [0.4, 0.5) is 0 Å². The Morgan fingerprint density at radius 3 is 2.76 bits per heavy atom. The molecule has 0 aliphatic carbocycles. The van der Waals surface area contributed by atoms with E-state index in [0.29, 0.717) is 18.7 Å². The molecule has 1 amide bonds. The largest absolute Gasteiger partial charge is 0.336 e. The van der Waals surface area contributed by atoms with Crippen molar-refractivity contribution in [1.29, 1.82) is 0 Å². The molecule has 1 aromatic carbocycles. The molecule has 1 aromatic heterocycles. The van der Waals surface area contributed by atoms with Crippen LogP contribution in [-0.4, -0.2) is 39.7 Å². The molecular formula is C16H20N4O. The summed E-state index contributed by atoms with van der Waals surface area (Å²) < 4.78 is 1.76. The van der Waals surface area contributed by atoms with Gasteiger partial charge in [0.1, 0.15) is 0 Å². The first-order valence-electron chi connectivity index (χ1n) is 7.31. The van der Waals surface area contributed by atoms with Gasteiger partial charge in [-0.3, -0.25) is 9.48 Å². The summed E-state index contributed by atoms with van der Waals surface area (Å²) in [6, 6.07) is 10.2. The normalized spacial score (nSPS) is 21.7. The molecule has 1 aliphatic heterocycles. The maximum atomic E-state index is 12.5. The monoisotopic (exact) mass is 284 g/mol. The van der Waals surface area contributed by atoms with E-state index < -0.39 is 0 Å². The van der Waals surface area contributed by atoms with Gasteiger partial charge in [-0.05, 0) is 12.5 Å². The first kappa shape index (κ1) is 13.8. The summed E-state index contributed by atoms with van der Waals surface area (Å²) in [5.74, 6) is 0.222. The fraction of sp³-hybridized carbons (Fsp3) is 0.375. The fourth-order valence-electron chi connectivity index (χ4n) is 2.88. The van der Waals surface area contributed by atoms with Gasteiger partial charge in [0.25, 0.3) is 5.91 Å². The third-order valence-electron chi connectivity index (χ3n) is 4.08. The van der Waals surface area contributed by atoms with Crippen molar-refractivity contribution in [3.8, 4) is 0 Å². The van der Waals surface area contributed by atoms with E-state index in [1.165, 1.54) is 5.56 Å². The zero-order valence-electron chi connectivity index (χ0n) is 12.1. The quantitative estimate of drug-likeness (QED) is 0.928. The molecule has 0 spiro atoms. The van der Waals surface area contributed by atoms with Gasteiger partial charge in [0.15, 0.2) is 0 Å². The number of rotatable bonds is 3. The van der Waals surface area contributed by atoms with E-state index in [0.717, 1.165) is 6.54 Å². The van der Waals surface area contributed by atoms with E-state index in [-0.39, 0.29) is 17.9 Å². The molecule has 21 heavy (non-hydrogen) atoms. The molecule has 0 unspecified atom stereocenters. The van der Waals surface area contributed by atoms with Crippen molar-refractivity contribution in [2.75, 3.05) is 13.1 Å². The van der Waals surface area contributed by atoms with Crippen LogP contribution < -0.4 is 5.73 Å². The van der Waals surface area contributed by atoms with E-state index in [4.69, 9.17) is 5.73 Å². The number of aryl methyl sites for hydroxylation is 1. The van der Waals surface area contributed by atoms with Crippen LogP contribution in [0.5, 0.6) is 0 Å². The molecule has 2 aromatic rings. The van der Waals surface area contributed by atoms with Gasteiger partial charge in [-0.2, -0.15) is 5.10 Å². The molecule has 1 aliphatic rings. The van der Waals surface area contributed by atoms with E-state index in [1.807, 2.05) is 30.0 Å². The number of hydrogen-bond acceptors (Lipinski definition) is 3. The number of likely N-dealkylation sites (tertiary alicyclic amines) is 1. The van der Waals surface area contributed by atoms with E-state index >= 15 is 0 Å². The number of aromatic nitrogens is 2. The van der Waals surface area contributed by atoms with Crippen LogP contribution >= 0.6 is 0 Å². The molecule has 2 heterocycles. The Kier molecular flexibility index (Phi) is 3.75. The minimum atomic E-state index is -0.0161. The molecule has 3 rings (SSSR count). The van der Waals surface area contributed by atoms with Crippen molar-refractivity contribution in [1.82, 2.24) is 14.7 Å². The number of amides is 1. The molecule has 5 heteroatoms. The van der Waals surface area contributed by atoms with Crippen LogP contribution in [0.3, 0.4) is 0 Å². The maximum absolute atomic E-state index is 12.5. The first-order chi connectivity index (χ1) is 10.2. The maximum Gasteiger partial charge on any atom is 0.257 e. The minimum absolute atomic E-state index is 0.0161. The Morgan fingerprint density at radius 2 is 2.10 bits per heavy atom. The number of hydrogen-bond donors (Lipinski definition) is 1. The second-order valence-corrected chi connectivity index (χ2v) is 5.48. The number of nitrogens with two attached hydrogens (primary N) is 1. The highest BCUT2D eigenvalue weighted by Gasteiger charge is 2.34. The number of carbonyl (C=O) groups is 1. The average Bonchev–Trinajstić information content (AvgIpc) is 3.14. The van der Waals surface area contributed by atoms with Gasteiger partial charge in [-0.15, -0.1) is 0 Å². The number of carbonyl (C=O) groups excluding carboxylic acids is 1. The highest BCUT2D eigenvalue weighted by Crippen LogP contribution is 2.27. The Balaban J connectivity index is 1.75. The lowest BCUT2D eigenvalue weighted by atomic mass is 9.95. The summed E-state index contributed by atoms with van der Waals surface area (Å²) in [5, 5.41) is 4.16. The smallest absolute Gasteiger partial charge is 0.257 e. The van der Waals surface area contributed by atoms with E-state index in [9.17, 15) is 4.79 Å². The topological polar surface area (TPSA) is 64.2 Å². The standard InChI is InChI=1S/C16H20N4O/c1-2-20-9-13(8-18-20)16(21)19-10-14(15(17)11-19)12-6-4-3-5-7-12/h3-9,14-15H,2,10-11,17H2,1H3/t14-,15+/m0/s1. The summed E-state index contributed by atoms with van der Waals surface area (Å²) in [4.78, 5) is 14.3. The summed E-state index contributed by atoms with van der Waals surface area (Å²) in [7, 11) is 0. The van der Waals surface area contributed by atoms with Crippen molar-refractivity contribution in [2.24, 2.45) is 5.73 Å². The number of nitrogens with zero attached hydrogens (tertiary/aromatic N) is 3. The average molecular weight is 284 g/mol. The van der Waals surface area contributed by atoms with Gasteiger partial charge in [-0.25, -0.2) is 0 Å². The molecule has 1 saturated heterocycles. The van der Waals surface area contributed by atoms with Crippen molar-refractivity contribution in [3.63, 3.8) is 0 Å². The Hall–Kier alpha value is -2.14. The molecule has 2 atom stereocenters. The van der Waals surface area contributed by atoms with Crippen molar-refractivity contribution >= 4 is 5.91 Å². The van der Waals surface area contributed by atoms with Gasteiger partial charge in [0.2, 0.25) is 0 Å². The highest BCUT2D eigenvalue weighted by atomic mass is 16.2. The molecular weight excluding hydrogens is 264 g/mol. The Labute approximate surface area is 124 Å². The van der Waals surface area contributed by atoms with Gasteiger partial charge in [-0.1, -0.05) is 30.3 Å². The van der Waals surface area contributed by atoms with Crippen LogP contribution in [0.15, 0.2) is 42.7 Å². The van der Waals surface area contributed by atoms with Gasteiger partial charge in [0, 0.05) is 37.8 Å². The van der Waals surface area contributed by atoms with Crippen molar-refractivity contribution in [3.05, 3.63) is 53.9 Å². The molecule has 1 fully saturated rings. The zero-order valence-corrected chi connectivity index (χ0v) is 12.1. The minimum Gasteiger partial charge on any atom is -0.336 e. The lowest BCUT2D eigenvalue weighted by Gasteiger charge is -2.15. The van der Waals surface area contributed by atoms with Gasteiger partial charge in [0.05, 0.1) is 11.8 Å². The van der Waals surface area contributed by atoms with Crippen LogP contribution in [0, 0.1) is 0 Å². The summed E-state index contributed by atoms with van der Waals surface area (Å²) in [5.41, 5.74) is 8.07. The fourth-order valence-corrected chi connectivity index (χ4v) is 2.88. The second kappa shape index (κ2) is 5.69. The predicted molar refractivity (Wildman–Crippen MR) is 81.0 cm³/mol. The van der Waals surface area contributed by atoms with Gasteiger partial charge < -0.3 is 10.6 Å². The predicted octanol–water partition coefficient (Wildman–Crippen LogP) is 1.47. The van der Waals surface area contributed by atoms with E-state index in [2.05, 4.69) is 17.2 Å². The third kappa shape index (κ3) is 2.69. The lowest BCUT2D eigenvalue weighted by molar-refractivity contribution is 0.0789. The molecule has 0 bridgehead atoms. The van der Waals surface area contributed by atoms with Crippen molar-refractivity contribution in [2.45, 2.75) is 25.4 Å². The van der Waals surface area contributed by atoms with Crippen molar-refractivity contribution < 1.29 is 4.79 Å². The summed E-state index contributed by atoms with van der Waals surface area (Å²) in [6.45, 7) is 4.02. The third-order valence-corrected chi connectivity index (χ3v) is 4.08. The SMILES string of the molecule is CCn1cc(C(=O)N2C[C@@H](N)[C@H](c3ccccc3)C2)cn1.